The molecule has 1 fully saturated rings. The predicted octanol–water partition coefficient (Wildman–Crippen LogP) is 1.29. The van der Waals surface area contributed by atoms with Crippen molar-refractivity contribution in [3.63, 3.8) is 0 Å². The molecule has 0 amide bonds. The molecule has 1 aliphatic heterocycles. The van der Waals surface area contributed by atoms with Crippen LogP contribution in [0.3, 0.4) is 0 Å². The monoisotopic (exact) mass is 298 g/mol. The van der Waals surface area contributed by atoms with E-state index in [0.717, 1.165) is 18.4 Å². The van der Waals surface area contributed by atoms with Gasteiger partial charge in [0.05, 0.1) is 12.6 Å². The minimum absolute atomic E-state index is 0.257. The van der Waals surface area contributed by atoms with Crippen LogP contribution in [0, 0.1) is 5.92 Å². The molecule has 1 unspecified atom stereocenters. The van der Waals surface area contributed by atoms with Gasteiger partial charge in [-0.2, -0.15) is 17.4 Å². The lowest BCUT2D eigenvalue weighted by molar-refractivity contribution is 0.247. The molecule has 1 aliphatic rings. The highest BCUT2D eigenvalue weighted by Crippen LogP contribution is 2.20. The minimum atomic E-state index is -3.55. The predicted molar refractivity (Wildman–Crippen MR) is 78.3 cm³/mol. The Kier molecular flexibility index (Phi) is 5.15. The molecule has 2 atom stereocenters. The van der Waals surface area contributed by atoms with Gasteiger partial charge in [0.25, 0.3) is 10.2 Å². The number of hydrogen-bond acceptors (Lipinski definition) is 3. The molecule has 0 saturated carbocycles. The van der Waals surface area contributed by atoms with Crippen LogP contribution in [-0.4, -0.2) is 37.5 Å². The second-order valence-electron chi connectivity index (χ2n) is 5.37. The Balaban J connectivity index is 2.10. The molecule has 0 radical (unpaired) electrons. The molecule has 2 rings (SSSR count). The number of nitrogens with one attached hydrogen (secondary N) is 1. The number of benzene rings is 1. The van der Waals surface area contributed by atoms with Crippen LogP contribution in [0.15, 0.2) is 30.3 Å². The smallest absolute Gasteiger partial charge is 0.280 e. The summed E-state index contributed by atoms with van der Waals surface area (Å²) >= 11 is 0. The molecule has 20 heavy (non-hydrogen) atoms. The van der Waals surface area contributed by atoms with Gasteiger partial charge >= 0.3 is 0 Å². The van der Waals surface area contributed by atoms with Crippen LogP contribution >= 0.6 is 0 Å². The molecule has 1 aromatic carbocycles. The molecule has 2 N–H and O–H groups in total. The highest BCUT2D eigenvalue weighted by atomic mass is 32.2. The van der Waals surface area contributed by atoms with E-state index < -0.39 is 16.3 Å². The number of nitrogens with zero attached hydrogens (tertiary/aromatic N) is 1. The number of hydrogen-bond donors (Lipinski definition) is 2. The van der Waals surface area contributed by atoms with Gasteiger partial charge < -0.3 is 5.11 Å². The fourth-order valence-corrected chi connectivity index (χ4v) is 4.05. The molecule has 5 nitrogen and oxygen atoms in total. The quantitative estimate of drug-likeness (QED) is 0.860. The normalized spacial score (nSPS) is 22.6. The van der Waals surface area contributed by atoms with Gasteiger partial charge in [-0.3, -0.25) is 0 Å². The van der Waals surface area contributed by atoms with E-state index in [1.807, 2.05) is 30.3 Å². The van der Waals surface area contributed by atoms with Crippen molar-refractivity contribution in [2.45, 2.75) is 25.8 Å². The van der Waals surface area contributed by atoms with E-state index in [0.29, 0.717) is 19.0 Å². The molecule has 0 aromatic heterocycles. The first-order valence-corrected chi connectivity index (χ1v) is 8.40. The third-order valence-corrected chi connectivity index (χ3v) is 5.23. The van der Waals surface area contributed by atoms with E-state index >= 15 is 0 Å². The summed E-state index contributed by atoms with van der Waals surface area (Å²) in [6.07, 6.45) is 1.95. The van der Waals surface area contributed by atoms with E-state index in [1.54, 1.807) is 0 Å². The van der Waals surface area contributed by atoms with Crippen LogP contribution in [0.5, 0.6) is 0 Å². The lowest BCUT2D eigenvalue weighted by Gasteiger charge is -2.31. The largest absolute Gasteiger partial charge is 0.394 e. The van der Waals surface area contributed by atoms with Gasteiger partial charge in [-0.1, -0.05) is 37.3 Å². The van der Waals surface area contributed by atoms with Gasteiger partial charge in [0.1, 0.15) is 0 Å². The second-order valence-corrected chi connectivity index (χ2v) is 7.08. The van der Waals surface area contributed by atoms with Crippen molar-refractivity contribution in [3.8, 4) is 0 Å². The molecule has 1 aromatic rings. The van der Waals surface area contributed by atoms with E-state index in [2.05, 4.69) is 11.6 Å². The zero-order valence-electron chi connectivity index (χ0n) is 11.7. The first-order chi connectivity index (χ1) is 9.53. The molecule has 1 saturated heterocycles. The first kappa shape index (κ1) is 15.4. The average Bonchev–Trinajstić information content (AvgIpc) is 2.46. The summed E-state index contributed by atoms with van der Waals surface area (Å²) in [5.41, 5.74) is 0.767. The van der Waals surface area contributed by atoms with E-state index in [-0.39, 0.29) is 6.61 Å². The highest BCUT2D eigenvalue weighted by Gasteiger charge is 2.29. The number of piperidine rings is 1. The Hall–Kier alpha value is -0.950. The van der Waals surface area contributed by atoms with E-state index in [4.69, 9.17) is 0 Å². The Labute approximate surface area is 120 Å². The van der Waals surface area contributed by atoms with Crippen molar-refractivity contribution in [2.24, 2.45) is 5.92 Å². The van der Waals surface area contributed by atoms with Gasteiger partial charge in [0.15, 0.2) is 0 Å². The fraction of sp³-hybridized carbons (Fsp3) is 0.571. The maximum Gasteiger partial charge on any atom is 0.280 e. The second kappa shape index (κ2) is 6.67. The SMILES string of the molecule is CC1CCCN(S(=O)(=O)N[C@H](CO)c2ccccc2)C1. The Morgan fingerprint density at radius 1 is 1.40 bits per heavy atom. The molecule has 0 spiro atoms. The summed E-state index contributed by atoms with van der Waals surface area (Å²) in [7, 11) is -3.55. The molecular weight excluding hydrogens is 276 g/mol. The molecule has 0 bridgehead atoms. The summed E-state index contributed by atoms with van der Waals surface area (Å²) in [4.78, 5) is 0. The Bertz CT molecular complexity index is 518. The lowest BCUT2D eigenvalue weighted by atomic mass is 10.0. The molecular formula is C14H22N2O3S. The zero-order chi connectivity index (χ0) is 14.6. The molecule has 0 aliphatic carbocycles. The minimum Gasteiger partial charge on any atom is -0.394 e. The third kappa shape index (κ3) is 3.79. The van der Waals surface area contributed by atoms with Crippen molar-refractivity contribution in [1.82, 2.24) is 9.03 Å². The summed E-state index contributed by atoms with van der Waals surface area (Å²) in [6.45, 7) is 2.89. The Morgan fingerprint density at radius 3 is 2.70 bits per heavy atom. The van der Waals surface area contributed by atoms with Crippen LogP contribution < -0.4 is 4.72 Å². The summed E-state index contributed by atoms with van der Waals surface area (Å²) < 4.78 is 28.8. The maximum atomic E-state index is 12.4. The van der Waals surface area contributed by atoms with E-state index in [9.17, 15) is 13.5 Å². The fourth-order valence-electron chi connectivity index (χ4n) is 2.51. The first-order valence-electron chi connectivity index (χ1n) is 6.96. The third-order valence-electron chi connectivity index (χ3n) is 3.64. The van der Waals surface area contributed by atoms with Crippen LogP contribution in [0.25, 0.3) is 0 Å². The van der Waals surface area contributed by atoms with Crippen molar-refractivity contribution < 1.29 is 13.5 Å². The molecule has 1 heterocycles. The van der Waals surface area contributed by atoms with Gasteiger partial charge in [0.2, 0.25) is 0 Å². The number of rotatable bonds is 5. The van der Waals surface area contributed by atoms with Crippen LogP contribution in [0.4, 0.5) is 0 Å². The van der Waals surface area contributed by atoms with Crippen molar-refractivity contribution in [2.75, 3.05) is 19.7 Å². The topological polar surface area (TPSA) is 69.6 Å². The number of aliphatic hydroxyl groups is 1. The zero-order valence-corrected chi connectivity index (χ0v) is 12.5. The highest BCUT2D eigenvalue weighted by molar-refractivity contribution is 7.87. The van der Waals surface area contributed by atoms with Crippen molar-refractivity contribution >= 4 is 10.2 Å². The standard InChI is InChI=1S/C14H22N2O3S/c1-12-6-5-9-16(10-12)20(18,19)15-14(11-17)13-7-3-2-4-8-13/h2-4,7-8,12,14-15,17H,5-6,9-11H2,1H3/t12?,14-/m1/s1. The van der Waals surface area contributed by atoms with Crippen molar-refractivity contribution in [3.05, 3.63) is 35.9 Å². The van der Waals surface area contributed by atoms with Gasteiger partial charge in [-0.25, -0.2) is 0 Å². The molecule has 6 heteroatoms. The Morgan fingerprint density at radius 2 is 2.10 bits per heavy atom. The van der Waals surface area contributed by atoms with Crippen molar-refractivity contribution in [1.29, 1.82) is 0 Å². The molecule has 112 valence electrons. The van der Waals surface area contributed by atoms with E-state index in [1.165, 1.54) is 4.31 Å². The van der Waals surface area contributed by atoms with Crippen LogP contribution in [0.2, 0.25) is 0 Å². The van der Waals surface area contributed by atoms with Crippen LogP contribution in [0.1, 0.15) is 31.4 Å². The van der Waals surface area contributed by atoms with Crippen LogP contribution in [-0.2, 0) is 10.2 Å². The summed E-state index contributed by atoms with van der Waals surface area (Å²) in [5, 5.41) is 9.45. The maximum absolute atomic E-state index is 12.4. The average molecular weight is 298 g/mol. The van der Waals surface area contributed by atoms with Gasteiger partial charge in [0, 0.05) is 13.1 Å². The summed E-state index contributed by atoms with van der Waals surface area (Å²) in [6, 6.07) is 8.53. The van der Waals surface area contributed by atoms with Gasteiger partial charge in [-0.15, -0.1) is 0 Å². The summed E-state index contributed by atoms with van der Waals surface area (Å²) in [5.74, 6) is 0.379. The number of aliphatic hydroxyl groups excluding tert-OH is 1. The lowest BCUT2D eigenvalue weighted by Crippen LogP contribution is -2.47. The van der Waals surface area contributed by atoms with Gasteiger partial charge in [-0.05, 0) is 24.3 Å².